The molecule has 2 aliphatic carbocycles. The molecule has 17 rings (SSSR count). The molecule has 15 aromatic carbocycles. The minimum atomic E-state index is -0.656. The average Bonchev–Trinajstić information content (AvgIpc) is 1.54. The summed E-state index contributed by atoms with van der Waals surface area (Å²) in [6.07, 6.45) is 33.2. The van der Waals surface area contributed by atoms with Crippen molar-refractivity contribution in [3.8, 4) is 22.3 Å². The monoisotopic (exact) mass is 1990 g/mol. The van der Waals surface area contributed by atoms with Crippen molar-refractivity contribution in [1.82, 2.24) is 0 Å². The van der Waals surface area contributed by atoms with E-state index in [1.165, 1.54) is 359 Å². The Labute approximate surface area is 907 Å². The maximum Gasteiger partial charge on any atom is 0.0715 e. The Balaban J connectivity index is 0.000000214. The van der Waals surface area contributed by atoms with Crippen LogP contribution in [0.25, 0.3) is 22.3 Å². The zero-order valence-corrected chi connectivity index (χ0v) is 96.5. The Hall–Kier alpha value is -12.5. The minimum Gasteiger partial charge on any atom is -0.310 e. The first-order chi connectivity index (χ1) is 72.2. The molecule has 780 valence electrons. The Morgan fingerprint density at radius 1 is 0.193 bits per heavy atom. The molecule has 2 aliphatic rings. The number of anilines is 12. The predicted molar refractivity (Wildman–Crippen MR) is 654 cm³/mol. The maximum absolute atomic E-state index is 2.69. The van der Waals surface area contributed by atoms with Gasteiger partial charge in [-0.25, -0.2) is 0 Å². The minimum absolute atomic E-state index is 0.0267. The molecule has 0 atom stereocenters. The molecule has 0 unspecified atom stereocenters. The molecule has 0 saturated heterocycles. The third kappa shape index (κ3) is 24.2. The lowest BCUT2D eigenvalue weighted by molar-refractivity contribution is 0.505. The molecule has 0 aromatic heterocycles. The fourth-order valence-corrected chi connectivity index (χ4v) is 25.0. The van der Waals surface area contributed by atoms with Crippen LogP contribution in [0.2, 0.25) is 0 Å². The molecule has 0 fully saturated rings. The third-order valence-corrected chi connectivity index (χ3v) is 32.9. The van der Waals surface area contributed by atoms with E-state index in [-0.39, 0.29) is 16.2 Å². The van der Waals surface area contributed by atoms with E-state index in [4.69, 9.17) is 0 Å². The molecule has 0 radical (unpaired) electrons. The molecule has 4 heteroatoms. The van der Waals surface area contributed by atoms with Gasteiger partial charge in [0.05, 0.1) is 28.2 Å². The number of nitrogens with zero attached hydrogens (tertiary/aromatic N) is 4. The molecule has 0 spiro atoms. The highest BCUT2D eigenvalue weighted by Crippen LogP contribution is 2.62. The largest absolute Gasteiger partial charge is 0.310 e. The van der Waals surface area contributed by atoms with Crippen LogP contribution in [-0.4, -0.2) is 0 Å². The van der Waals surface area contributed by atoms with Gasteiger partial charge < -0.3 is 19.6 Å². The Morgan fingerprint density at radius 2 is 0.427 bits per heavy atom. The van der Waals surface area contributed by atoms with Crippen LogP contribution in [-0.2, 0) is 47.3 Å². The molecule has 0 saturated carbocycles. The number of aryl methyl sites for hydroxylation is 18. The van der Waals surface area contributed by atoms with Crippen molar-refractivity contribution in [2.24, 2.45) is 0 Å². The van der Waals surface area contributed by atoms with E-state index in [1.54, 1.807) is 0 Å². The van der Waals surface area contributed by atoms with Gasteiger partial charge in [-0.15, -0.1) is 0 Å². The van der Waals surface area contributed by atoms with Crippen LogP contribution in [0.15, 0.2) is 285 Å². The van der Waals surface area contributed by atoms with E-state index in [0.29, 0.717) is 0 Å². The van der Waals surface area contributed by atoms with Gasteiger partial charge in [0.1, 0.15) is 0 Å². The summed E-state index contributed by atoms with van der Waals surface area (Å²) in [4.78, 5) is 10.2. The molecule has 0 N–H and O–H groups in total. The normalized spacial score (nSPS) is 12.7. The zero-order chi connectivity index (χ0) is 106. The van der Waals surface area contributed by atoms with Crippen LogP contribution in [0, 0.1) is 96.9 Å². The summed E-state index contributed by atoms with van der Waals surface area (Å²) in [5, 5.41) is 0. The molecule has 4 nitrogen and oxygen atoms in total. The van der Waals surface area contributed by atoms with E-state index in [2.05, 4.69) is 478 Å². The Kier molecular flexibility index (Phi) is 35.9. The van der Waals surface area contributed by atoms with Crippen molar-refractivity contribution >= 4 is 68.2 Å². The van der Waals surface area contributed by atoms with Crippen molar-refractivity contribution < 1.29 is 0 Å². The van der Waals surface area contributed by atoms with Gasteiger partial charge >= 0.3 is 0 Å². The molecule has 0 aliphatic heterocycles. The first kappa shape index (κ1) is 110. The highest BCUT2D eigenvalue weighted by atomic mass is 15.2. The van der Waals surface area contributed by atoms with Crippen LogP contribution in [0.3, 0.4) is 0 Å². The number of unbranched alkanes of at least 4 members (excludes halogenated alkanes) is 17. The standard InChI is InChI=1S/C75H88N2.C71H88N2/c1-15-17-19-21-23-57-29-33-59(34-30-57)75(60-35-31-58(32-36-60)24-22-20-18-16-2)69-49-65(76(63-37-25-51(3)26-38-63)71-53(5)45-61(46-54(71)6)73(9,10)11)41-43-67(69)68-44-42-66(50-70(68)75)77(64-39-27-52(4)28-40-64)72-55(7)47-62(48-56(72)8)74(12,13)14;1-12-15-18-21-22-25-40-71(60-46-58(26-23-19-16-13-2)45-59(47-60)27-24-20-17-14-3)67-48-63(72(61-32-28-50(4)29-33-61)69-54(8)41-52(6)42-55(69)9)36-38-65(67)66-39-37-64(49-68(66)71)73(62-34-30-51(5)31-35-62)70-56(10)43-53(7)44-57(70)11/h25-50H,15-24H2,1-14H3;28-39,41-49H,12-27,40H2,1-11H3. The first-order valence-electron chi connectivity index (χ1n) is 58.0. The van der Waals surface area contributed by atoms with Crippen molar-refractivity contribution in [1.29, 1.82) is 0 Å². The number of fused-ring (bicyclic) bond motifs is 6. The van der Waals surface area contributed by atoms with Gasteiger partial charge in [-0.05, 0) is 402 Å². The Bertz CT molecular complexity index is 6620. The van der Waals surface area contributed by atoms with Gasteiger partial charge in [-0.3, -0.25) is 0 Å². The fraction of sp³-hybridized carbons (Fsp3) is 0.384. The van der Waals surface area contributed by atoms with Gasteiger partial charge in [0.2, 0.25) is 0 Å². The lowest BCUT2D eigenvalue weighted by Crippen LogP contribution is -2.29. The smallest absolute Gasteiger partial charge is 0.0715 e. The van der Waals surface area contributed by atoms with Crippen molar-refractivity contribution in [2.75, 3.05) is 19.6 Å². The maximum atomic E-state index is 2.69. The van der Waals surface area contributed by atoms with Crippen molar-refractivity contribution in [3.63, 3.8) is 0 Å². The van der Waals surface area contributed by atoms with Gasteiger partial charge in [0, 0.05) is 50.9 Å². The average molecular weight is 1990 g/mol. The second-order valence-corrected chi connectivity index (χ2v) is 47.4. The van der Waals surface area contributed by atoms with E-state index < -0.39 is 5.41 Å². The van der Waals surface area contributed by atoms with Gasteiger partial charge in [0.25, 0.3) is 0 Å². The molecule has 15 aromatic rings. The second-order valence-electron chi connectivity index (χ2n) is 47.4. The zero-order valence-electron chi connectivity index (χ0n) is 96.5. The SMILES string of the molecule is CCCCCCCCC1(c2cc(CCCCCC)cc(CCCCCC)c2)c2cc(N(c3ccc(C)cc3)c3c(C)cc(C)cc3C)ccc2-c2ccc(N(c3ccc(C)cc3)c3c(C)cc(C)cc3C)cc21.CCCCCCc1ccc(C2(c3ccc(CCCCCC)cc3)c3cc(N(c4ccc(C)cc4)c4c(C)cc(C(C)(C)C)cc4C)ccc3-c3ccc(N(c4ccc(C)cc4)c4c(C)cc(C(C)(C)C)cc4C)cc32)cc1. The molecular formula is C146H176N4. The topological polar surface area (TPSA) is 13.0 Å². The number of rotatable bonds is 42. The summed E-state index contributed by atoms with van der Waals surface area (Å²) >= 11 is 0. The fourth-order valence-electron chi connectivity index (χ4n) is 25.0. The number of hydrogen-bond donors (Lipinski definition) is 0. The van der Waals surface area contributed by atoms with Crippen LogP contribution in [0.1, 0.15) is 374 Å². The lowest BCUT2D eigenvalue weighted by atomic mass is 9.67. The summed E-state index contributed by atoms with van der Waals surface area (Å²) < 4.78 is 0. The quantitative estimate of drug-likeness (QED) is 0.0354. The first-order valence-corrected chi connectivity index (χ1v) is 58.0. The summed E-state index contributed by atoms with van der Waals surface area (Å²) in [7, 11) is 0. The van der Waals surface area contributed by atoms with Crippen LogP contribution < -0.4 is 19.6 Å². The number of benzene rings is 15. The van der Waals surface area contributed by atoms with E-state index in [0.717, 1.165) is 54.9 Å². The Morgan fingerprint density at radius 3 is 0.700 bits per heavy atom. The van der Waals surface area contributed by atoms with Gasteiger partial charge in [0.15, 0.2) is 0 Å². The summed E-state index contributed by atoms with van der Waals surface area (Å²) in [6, 6.07) is 114. The highest BCUT2D eigenvalue weighted by Gasteiger charge is 2.49. The van der Waals surface area contributed by atoms with Crippen LogP contribution >= 0.6 is 0 Å². The van der Waals surface area contributed by atoms with Gasteiger partial charge in [-0.2, -0.15) is 0 Å². The van der Waals surface area contributed by atoms with Crippen molar-refractivity contribution in [3.05, 3.63) is 435 Å². The van der Waals surface area contributed by atoms with Crippen LogP contribution in [0.4, 0.5) is 68.2 Å². The summed E-state index contributed by atoms with van der Waals surface area (Å²) in [5.41, 5.74) is 55.0. The molecule has 150 heavy (non-hydrogen) atoms. The predicted octanol–water partition coefficient (Wildman–Crippen LogP) is 43.1. The molecular weight excluding hydrogens is 1810 g/mol. The van der Waals surface area contributed by atoms with E-state index in [9.17, 15) is 0 Å². The van der Waals surface area contributed by atoms with E-state index in [1.807, 2.05) is 0 Å². The lowest BCUT2D eigenvalue weighted by Gasteiger charge is -2.36. The second kappa shape index (κ2) is 48.9. The van der Waals surface area contributed by atoms with E-state index >= 15 is 0 Å². The molecule has 0 amide bonds. The molecule has 0 bridgehead atoms. The third-order valence-electron chi connectivity index (χ3n) is 32.9. The summed E-state index contributed by atoms with van der Waals surface area (Å²) in [6.45, 7) is 57.2. The molecule has 0 heterocycles. The highest BCUT2D eigenvalue weighted by molar-refractivity contribution is 5.95. The van der Waals surface area contributed by atoms with Gasteiger partial charge in [-0.1, -0.05) is 413 Å². The summed E-state index contributed by atoms with van der Waals surface area (Å²) in [5.74, 6) is 0. The number of hydrogen-bond acceptors (Lipinski definition) is 4. The van der Waals surface area contributed by atoms with Crippen molar-refractivity contribution in [2.45, 2.75) is 368 Å². The van der Waals surface area contributed by atoms with Crippen LogP contribution in [0.5, 0.6) is 0 Å².